The number of nitrogens with one attached hydrogen (secondary N) is 2. The lowest BCUT2D eigenvalue weighted by molar-refractivity contribution is -0.120. The first-order chi connectivity index (χ1) is 8.67. The van der Waals surface area contributed by atoms with Crippen molar-refractivity contribution >= 4 is 5.91 Å². The van der Waals surface area contributed by atoms with Gasteiger partial charge in [0.25, 0.3) is 0 Å². The van der Waals surface area contributed by atoms with Crippen molar-refractivity contribution in [2.45, 2.75) is 45.7 Å². The van der Waals surface area contributed by atoms with Gasteiger partial charge in [-0.1, -0.05) is 6.92 Å². The van der Waals surface area contributed by atoms with Crippen LogP contribution in [0.15, 0.2) is 18.5 Å². The highest BCUT2D eigenvalue weighted by atomic mass is 16.1. The molecule has 1 rings (SSSR count). The van der Waals surface area contributed by atoms with Gasteiger partial charge in [-0.2, -0.15) is 0 Å². The molecule has 1 amide bonds. The van der Waals surface area contributed by atoms with Crippen molar-refractivity contribution in [1.82, 2.24) is 15.2 Å². The zero-order valence-electron chi connectivity index (χ0n) is 11.7. The van der Waals surface area contributed by atoms with Crippen molar-refractivity contribution in [3.05, 3.63) is 24.0 Å². The molecular weight excluding hydrogens is 226 g/mol. The van der Waals surface area contributed by atoms with Crippen LogP contribution in [-0.2, 0) is 11.3 Å². The first-order valence-electron chi connectivity index (χ1n) is 6.77. The van der Waals surface area contributed by atoms with E-state index in [1.165, 1.54) is 5.56 Å². The molecule has 0 aliphatic rings. The molecule has 102 valence electrons. The number of carbonyl (C=O) groups is 1. The van der Waals surface area contributed by atoms with Gasteiger partial charge in [0.2, 0.25) is 5.91 Å². The molecule has 0 saturated carbocycles. The second kappa shape index (κ2) is 7.93. The predicted molar refractivity (Wildman–Crippen MR) is 74.4 cm³/mol. The maximum absolute atomic E-state index is 11.1. The van der Waals surface area contributed by atoms with Crippen molar-refractivity contribution in [1.29, 1.82) is 0 Å². The fourth-order valence-corrected chi connectivity index (χ4v) is 1.88. The van der Waals surface area contributed by atoms with Gasteiger partial charge in [-0.25, -0.2) is 0 Å². The lowest BCUT2D eigenvalue weighted by Gasteiger charge is -2.11. The number of amides is 1. The predicted octanol–water partition coefficient (Wildman–Crippen LogP) is 2.07. The Morgan fingerprint density at radius 2 is 2.28 bits per heavy atom. The van der Waals surface area contributed by atoms with E-state index >= 15 is 0 Å². The van der Waals surface area contributed by atoms with Crippen LogP contribution in [0.5, 0.6) is 0 Å². The molecule has 1 aromatic heterocycles. The zero-order chi connectivity index (χ0) is 13.4. The fraction of sp³-hybridized carbons (Fsp3) is 0.643. The van der Waals surface area contributed by atoms with Crippen molar-refractivity contribution in [2.24, 2.45) is 0 Å². The summed E-state index contributed by atoms with van der Waals surface area (Å²) < 4.78 is 2.16. The van der Waals surface area contributed by atoms with E-state index in [9.17, 15) is 4.79 Å². The molecule has 0 fully saturated rings. The maximum Gasteiger partial charge on any atom is 0.219 e. The lowest BCUT2D eigenvalue weighted by atomic mass is 10.2. The first kappa shape index (κ1) is 14.8. The summed E-state index contributed by atoms with van der Waals surface area (Å²) in [6.45, 7) is 6.29. The Hall–Kier alpha value is -1.29. The van der Waals surface area contributed by atoms with Crippen LogP contribution in [0.2, 0.25) is 0 Å². The van der Waals surface area contributed by atoms with Crippen LogP contribution in [0.3, 0.4) is 0 Å². The summed E-state index contributed by atoms with van der Waals surface area (Å²) >= 11 is 0. The van der Waals surface area contributed by atoms with Crippen LogP contribution < -0.4 is 10.6 Å². The Labute approximate surface area is 110 Å². The normalized spacial score (nSPS) is 12.4. The van der Waals surface area contributed by atoms with Crippen molar-refractivity contribution in [2.75, 3.05) is 13.6 Å². The van der Waals surface area contributed by atoms with Crippen LogP contribution in [0.1, 0.15) is 44.7 Å². The molecule has 0 bridgehead atoms. The summed E-state index contributed by atoms with van der Waals surface area (Å²) in [5.74, 6) is 0.111. The van der Waals surface area contributed by atoms with E-state index < -0.39 is 0 Å². The van der Waals surface area contributed by atoms with Crippen molar-refractivity contribution < 1.29 is 4.79 Å². The molecule has 4 nitrogen and oxygen atoms in total. The highest BCUT2D eigenvalue weighted by molar-refractivity contribution is 5.75. The molecular formula is C14H25N3O. The smallest absolute Gasteiger partial charge is 0.219 e. The van der Waals surface area contributed by atoms with Gasteiger partial charge in [0.15, 0.2) is 0 Å². The maximum atomic E-state index is 11.1. The largest absolute Gasteiger partial charge is 0.359 e. The van der Waals surface area contributed by atoms with Crippen LogP contribution in [0.4, 0.5) is 0 Å². The summed E-state index contributed by atoms with van der Waals surface area (Å²) in [6, 6.07) is 2.54. The monoisotopic (exact) mass is 251 g/mol. The van der Waals surface area contributed by atoms with Gasteiger partial charge in [0, 0.05) is 38.4 Å². The van der Waals surface area contributed by atoms with Gasteiger partial charge < -0.3 is 15.2 Å². The summed E-state index contributed by atoms with van der Waals surface area (Å²) in [5.41, 5.74) is 1.31. The quantitative estimate of drug-likeness (QED) is 0.743. The summed E-state index contributed by atoms with van der Waals surface area (Å²) in [5, 5.41) is 6.11. The van der Waals surface area contributed by atoms with Gasteiger partial charge in [-0.3, -0.25) is 4.79 Å². The van der Waals surface area contributed by atoms with E-state index in [0.29, 0.717) is 12.5 Å². The number of rotatable bonds is 8. The summed E-state index contributed by atoms with van der Waals surface area (Å²) in [4.78, 5) is 11.1. The van der Waals surface area contributed by atoms with Crippen LogP contribution in [0.25, 0.3) is 0 Å². The number of hydrogen-bond donors (Lipinski definition) is 2. The number of hydrogen-bond acceptors (Lipinski definition) is 2. The van der Waals surface area contributed by atoms with Gasteiger partial charge >= 0.3 is 0 Å². The molecule has 1 aromatic rings. The van der Waals surface area contributed by atoms with Crippen LogP contribution in [-0.4, -0.2) is 24.1 Å². The molecule has 0 aliphatic heterocycles. The molecule has 2 N–H and O–H groups in total. The first-order valence-corrected chi connectivity index (χ1v) is 6.77. The number of aromatic nitrogens is 1. The topological polar surface area (TPSA) is 46.1 Å². The third-order valence-corrected chi connectivity index (χ3v) is 3.07. The van der Waals surface area contributed by atoms with E-state index in [1.807, 2.05) is 0 Å². The Balaban J connectivity index is 2.36. The number of nitrogens with zero attached hydrogens (tertiary/aromatic N) is 1. The standard InChI is InChI=1S/C14H25N3O/c1-4-8-16-12(2)13-7-10-17(11-13)9-5-6-14(18)15-3/h7,10-12,16H,4-6,8-9H2,1-3H3,(H,15,18). The minimum absolute atomic E-state index is 0.111. The zero-order valence-corrected chi connectivity index (χ0v) is 11.7. The molecule has 1 heterocycles. The molecule has 1 unspecified atom stereocenters. The minimum Gasteiger partial charge on any atom is -0.359 e. The van der Waals surface area contributed by atoms with E-state index in [-0.39, 0.29) is 5.91 Å². The van der Waals surface area contributed by atoms with Crippen LogP contribution >= 0.6 is 0 Å². The van der Waals surface area contributed by atoms with E-state index in [0.717, 1.165) is 25.9 Å². The summed E-state index contributed by atoms with van der Waals surface area (Å²) in [7, 11) is 1.68. The fourth-order valence-electron chi connectivity index (χ4n) is 1.88. The Morgan fingerprint density at radius 3 is 2.94 bits per heavy atom. The second-order valence-corrected chi connectivity index (χ2v) is 4.64. The highest BCUT2D eigenvalue weighted by Crippen LogP contribution is 2.13. The Kier molecular flexibility index (Phi) is 6.50. The number of carbonyl (C=O) groups excluding carboxylic acids is 1. The molecule has 0 aromatic carbocycles. The minimum atomic E-state index is 0.111. The number of aryl methyl sites for hydroxylation is 1. The molecule has 4 heteroatoms. The molecule has 0 radical (unpaired) electrons. The van der Waals surface area contributed by atoms with Gasteiger partial charge in [-0.05, 0) is 37.9 Å². The lowest BCUT2D eigenvalue weighted by Crippen LogP contribution is -2.19. The van der Waals surface area contributed by atoms with Crippen molar-refractivity contribution in [3.63, 3.8) is 0 Å². The third-order valence-electron chi connectivity index (χ3n) is 3.07. The van der Waals surface area contributed by atoms with Gasteiger partial charge in [0.1, 0.15) is 0 Å². The van der Waals surface area contributed by atoms with E-state index in [4.69, 9.17) is 0 Å². The summed E-state index contributed by atoms with van der Waals surface area (Å²) in [6.07, 6.45) is 6.87. The molecule has 1 atom stereocenters. The Morgan fingerprint density at radius 1 is 1.50 bits per heavy atom. The van der Waals surface area contributed by atoms with E-state index in [2.05, 4.69) is 47.5 Å². The highest BCUT2D eigenvalue weighted by Gasteiger charge is 2.06. The molecule has 0 aliphatic carbocycles. The Bertz CT molecular complexity index is 360. The van der Waals surface area contributed by atoms with E-state index in [1.54, 1.807) is 7.05 Å². The average molecular weight is 251 g/mol. The third kappa shape index (κ3) is 4.92. The van der Waals surface area contributed by atoms with Gasteiger partial charge in [-0.15, -0.1) is 0 Å². The molecule has 18 heavy (non-hydrogen) atoms. The molecule has 0 spiro atoms. The second-order valence-electron chi connectivity index (χ2n) is 4.64. The molecule has 0 saturated heterocycles. The SMILES string of the molecule is CCCNC(C)c1ccn(CCCC(=O)NC)c1. The average Bonchev–Trinajstić information content (AvgIpc) is 2.84. The van der Waals surface area contributed by atoms with Crippen LogP contribution in [0, 0.1) is 0 Å². The van der Waals surface area contributed by atoms with Gasteiger partial charge in [0.05, 0.1) is 0 Å². The van der Waals surface area contributed by atoms with Crippen molar-refractivity contribution in [3.8, 4) is 0 Å².